The fraction of sp³-hybridized carbons (Fsp3) is 0.407. The van der Waals surface area contributed by atoms with Gasteiger partial charge in [-0.25, -0.2) is 4.98 Å². The summed E-state index contributed by atoms with van der Waals surface area (Å²) in [6, 6.07) is 12.8. The van der Waals surface area contributed by atoms with Crippen molar-refractivity contribution in [3.8, 4) is 28.3 Å². The van der Waals surface area contributed by atoms with Crippen LogP contribution in [-0.2, 0) is 9.53 Å². The normalized spacial score (nSPS) is 17.9. The smallest absolute Gasteiger partial charge is 0.225 e. The van der Waals surface area contributed by atoms with Crippen molar-refractivity contribution in [3.63, 3.8) is 0 Å². The molecule has 3 aromatic rings. The monoisotopic (exact) mass is 470 g/mol. The van der Waals surface area contributed by atoms with Gasteiger partial charge in [0.25, 0.3) is 0 Å². The Kier molecular flexibility index (Phi) is 6.51. The number of nitrogens with zero attached hydrogens (tertiary/aromatic N) is 5. The van der Waals surface area contributed by atoms with Gasteiger partial charge < -0.3 is 14.5 Å². The van der Waals surface area contributed by atoms with E-state index in [9.17, 15) is 10.1 Å². The number of ether oxygens (including phenoxy) is 1. The first-order valence-corrected chi connectivity index (χ1v) is 12.2. The third-order valence-corrected chi connectivity index (χ3v) is 6.89. The predicted octanol–water partition coefficient (Wildman–Crippen LogP) is 3.96. The highest BCUT2D eigenvalue weighted by Crippen LogP contribution is 2.45. The van der Waals surface area contributed by atoms with Gasteiger partial charge in [-0.05, 0) is 43.0 Å². The molecule has 0 unspecified atom stereocenters. The van der Waals surface area contributed by atoms with Crippen molar-refractivity contribution in [1.29, 1.82) is 5.26 Å². The van der Waals surface area contributed by atoms with Gasteiger partial charge in [-0.2, -0.15) is 10.4 Å². The fourth-order valence-corrected chi connectivity index (χ4v) is 4.87. The Morgan fingerprint density at radius 1 is 1.23 bits per heavy atom. The molecule has 8 heteroatoms. The maximum atomic E-state index is 12.6. The number of nitriles is 1. The van der Waals surface area contributed by atoms with Crippen molar-refractivity contribution in [2.75, 3.05) is 38.3 Å². The van der Waals surface area contributed by atoms with Gasteiger partial charge in [-0.15, -0.1) is 0 Å². The van der Waals surface area contributed by atoms with Crippen LogP contribution in [0.2, 0.25) is 0 Å². The van der Waals surface area contributed by atoms with Crippen LogP contribution in [0.1, 0.15) is 43.4 Å². The molecule has 1 saturated heterocycles. The van der Waals surface area contributed by atoms with E-state index in [-0.39, 0.29) is 11.9 Å². The highest BCUT2D eigenvalue weighted by Gasteiger charge is 2.33. The first-order chi connectivity index (χ1) is 17.1. The number of carbonyl (C=O) groups excluding carboxylic acids is 1. The number of hydrogen-bond donors (Lipinski definition) is 1. The molecule has 1 aliphatic heterocycles. The molecule has 2 fully saturated rings. The lowest BCUT2D eigenvalue weighted by Crippen LogP contribution is -2.54. The molecule has 1 amide bonds. The topological polar surface area (TPSA) is 98.1 Å². The number of piperazine rings is 1. The Morgan fingerprint density at radius 2 is 2.06 bits per heavy atom. The predicted molar refractivity (Wildman–Crippen MR) is 134 cm³/mol. The van der Waals surface area contributed by atoms with E-state index in [0.717, 1.165) is 46.6 Å². The molecule has 8 nitrogen and oxygen atoms in total. The lowest BCUT2D eigenvalue weighted by molar-refractivity contribution is -0.134. The number of hydrogen-bond acceptors (Lipinski definition) is 6. The molecule has 2 aliphatic rings. The number of benzene rings is 1. The number of anilines is 1. The molecule has 5 rings (SSSR count). The first kappa shape index (κ1) is 23.1. The zero-order valence-electron chi connectivity index (χ0n) is 20.2. The van der Waals surface area contributed by atoms with E-state index in [4.69, 9.17) is 9.72 Å². The molecule has 0 radical (unpaired) electrons. The third kappa shape index (κ3) is 4.77. The molecule has 3 heterocycles. The molecule has 1 N–H and O–H groups in total. The van der Waals surface area contributed by atoms with Crippen LogP contribution in [0.15, 0.2) is 42.7 Å². The van der Waals surface area contributed by atoms with Crippen LogP contribution in [0.5, 0.6) is 0 Å². The van der Waals surface area contributed by atoms with Gasteiger partial charge in [0.1, 0.15) is 11.9 Å². The molecule has 1 atom stereocenters. The van der Waals surface area contributed by atoms with Gasteiger partial charge in [0.15, 0.2) is 0 Å². The van der Waals surface area contributed by atoms with Crippen LogP contribution in [0.3, 0.4) is 0 Å². The van der Waals surface area contributed by atoms with Gasteiger partial charge in [0, 0.05) is 56.0 Å². The third-order valence-electron chi connectivity index (χ3n) is 6.89. The van der Waals surface area contributed by atoms with Gasteiger partial charge in [-0.3, -0.25) is 9.89 Å². The summed E-state index contributed by atoms with van der Waals surface area (Å²) in [5, 5.41) is 17.0. The molecule has 180 valence electrons. The fourth-order valence-electron chi connectivity index (χ4n) is 4.87. The maximum absolute atomic E-state index is 12.6. The molecule has 1 aliphatic carbocycles. The SMILES string of the molecule is COCCC(=O)N1CCN(c2nc(C3CC3)c(-c3cccc(-c4cn[nH]c4)c3)cc2C#N)C[C@H]1C. The lowest BCUT2D eigenvalue weighted by atomic mass is 9.96. The van der Waals surface area contributed by atoms with E-state index in [1.165, 1.54) is 0 Å². The summed E-state index contributed by atoms with van der Waals surface area (Å²) in [6.07, 6.45) is 6.31. The molecule has 1 aromatic carbocycles. The van der Waals surface area contributed by atoms with E-state index in [1.807, 2.05) is 29.4 Å². The van der Waals surface area contributed by atoms with E-state index in [0.29, 0.717) is 44.1 Å². The average molecular weight is 471 g/mol. The van der Waals surface area contributed by atoms with Crippen LogP contribution in [0, 0.1) is 11.3 Å². The Hall–Kier alpha value is -3.70. The van der Waals surface area contributed by atoms with Crippen molar-refractivity contribution in [2.45, 2.75) is 38.1 Å². The summed E-state index contributed by atoms with van der Waals surface area (Å²) in [7, 11) is 1.61. The number of nitrogens with one attached hydrogen (secondary N) is 1. The van der Waals surface area contributed by atoms with E-state index < -0.39 is 0 Å². The summed E-state index contributed by atoms with van der Waals surface area (Å²) in [5.41, 5.74) is 5.82. The van der Waals surface area contributed by atoms with Crippen molar-refractivity contribution < 1.29 is 9.53 Å². The number of aromatic amines is 1. The van der Waals surface area contributed by atoms with Crippen LogP contribution < -0.4 is 4.90 Å². The van der Waals surface area contributed by atoms with Gasteiger partial charge in [0.05, 0.1) is 30.5 Å². The lowest BCUT2D eigenvalue weighted by Gasteiger charge is -2.41. The quantitative estimate of drug-likeness (QED) is 0.561. The molecule has 0 bridgehead atoms. The van der Waals surface area contributed by atoms with Crippen molar-refractivity contribution in [3.05, 3.63) is 54.0 Å². The second kappa shape index (κ2) is 9.88. The van der Waals surface area contributed by atoms with Crippen molar-refractivity contribution in [1.82, 2.24) is 20.1 Å². The molecule has 1 saturated carbocycles. The van der Waals surface area contributed by atoms with Crippen LogP contribution in [0.4, 0.5) is 5.82 Å². The van der Waals surface area contributed by atoms with Crippen LogP contribution in [0.25, 0.3) is 22.3 Å². The molecular formula is C27H30N6O2. The van der Waals surface area contributed by atoms with Gasteiger partial charge in [-0.1, -0.05) is 18.2 Å². The Balaban J connectivity index is 1.46. The number of pyridine rings is 1. The Bertz CT molecular complexity index is 1250. The Labute approximate surface area is 205 Å². The number of rotatable bonds is 7. The minimum Gasteiger partial charge on any atom is -0.384 e. The van der Waals surface area contributed by atoms with Gasteiger partial charge >= 0.3 is 0 Å². The van der Waals surface area contributed by atoms with Crippen molar-refractivity contribution >= 4 is 11.7 Å². The zero-order valence-corrected chi connectivity index (χ0v) is 20.2. The minimum atomic E-state index is 0.0390. The van der Waals surface area contributed by atoms with Crippen LogP contribution >= 0.6 is 0 Å². The highest BCUT2D eigenvalue weighted by molar-refractivity contribution is 5.78. The van der Waals surface area contributed by atoms with E-state index >= 15 is 0 Å². The van der Waals surface area contributed by atoms with E-state index in [2.05, 4.69) is 46.3 Å². The Morgan fingerprint density at radius 3 is 2.74 bits per heavy atom. The standard InChI is InChI=1S/C27H30N6O2/c1-18-17-32(9-10-33(18)25(34)8-11-35-2)27-22(14-28)13-24(26(31-27)19-6-7-19)21-5-3-4-20(12-21)23-15-29-30-16-23/h3-5,12-13,15-16,18-19H,6-11,17H2,1-2H3,(H,29,30)/t18-/m1/s1. The zero-order chi connectivity index (χ0) is 24.4. The first-order valence-electron chi connectivity index (χ1n) is 12.2. The van der Waals surface area contributed by atoms with Gasteiger partial charge in [0.2, 0.25) is 5.91 Å². The summed E-state index contributed by atoms with van der Waals surface area (Å²) in [5.74, 6) is 1.27. The second-order valence-corrected chi connectivity index (χ2v) is 9.37. The molecule has 2 aromatic heterocycles. The summed E-state index contributed by atoms with van der Waals surface area (Å²) in [6.45, 7) is 4.41. The minimum absolute atomic E-state index is 0.0390. The number of carbonyl (C=O) groups is 1. The summed E-state index contributed by atoms with van der Waals surface area (Å²) < 4.78 is 5.07. The highest BCUT2D eigenvalue weighted by atomic mass is 16.5. The number of aromatic nitrogens is 3. The van der Waals surface area contributed by atoms with Crippen molar-refractivity contribution in [2.24, 2.45) is 0 Å². The summed E-state index contributed by atoms with van der Waals surface area (Å²) >= 11 is 0. The number of amides is 1. The molecular weight excluding hydrogens is 440 g/mol. The van der Waals surface area contributed by atoms with Crippen LogP contribution in [-0.4, -0.2) is 65.4 Å². The number of H-pyrrole nitrogens is 1. The molecule has 0 spiro atoms. The number of methoxy groups -OCH3 is 1. The van der Waals surface area contributed by atoms with E-state index in [1.54, 1.807) is 7.11 Å². The average Bonchev–Trinajstić information content (AvgIpc) is 3.59. The maximum Gasteiger partial charge on any atom is 0.225 e. The second-order valence-electron chi connectivity index (χ2n) is 9.37. The largest absolute Gasteiger partial charge is 0.384 e. The molecule has 35 heavy (non-hydrogen) atoms. The summed E-state index contributed by atoms with van der Waals surface area (Å²) in [4.78, 5) is 21.7.